The highest BCUT2D eigenvalue weighted by Gasteiger charge is 2.03. The van der Waals surface area contributed by atoms with Crippen molar-refractivity contribution in [2.75, 3.05) is 7.05 Å². The van der Waals surface area contributed by atoms with Gasteiger partial charge in [0.15, 0.2) is 0 Å². The first-order valence-electron chi connectivity index (χ1n) is 5.61. The fourth-order valence-electron chi connectivity index (χ4n) is 1.57. The Hall–Kier alpha value is -1.87. The first kappa shape index (κ1) is 11.6. The third-order valence-corrected chi connectivity index (χ3v) is 2.47. The Morgan fingerprint density at radius 2 is 1.94 bits per heavy atom. The molecule has 0 bridgehead atoms. The van der Waals surface area contributed by atoms with Crippen LogP contribution < -0.4 is 10.1 Å². The van der Waals surface area contributed by atoms with Gasteiger partial charge in [0.1, 0.15) is 11.5 Å². The van der Waals surface area contributed by atoms with E-state index in [4.69, 9.17) is 4.74 Å². The number of aromatic nitrogens is 1. The Morgan fingerprint density at radius 1 is 1.18 bits per heavy atom. The zero-order chi connectivity index (χ0) is 12.1. The van der Waals surface area contributed by atoms with Gasteiger partial charge in [0.25, 0.3) is 0 Å². The maximum atomic E-state index is 5.84. The second-order valence-corrected chi connectivity index (χ2v) is 3.93. The smallest absolute Gasteiger partial charge is 0.134 e. The van der Waals surface area contributed by atoms with Crippen LogP contribution in [-0.4, -0.2) is 12.0 Å². The summed E-state index contributed by atoms with van der Waals surface area (Å²) in [4.78, 5) is 4.10. The summed E-state index contributed by atoms with van der Waals surface area (Å²) in [5.74, 6) is 1.69. The Labute approximate surface area is 101 Å². The normalized spacial score (nSPS) is 10.2. The molecule has 2 aromatic rings. The number of aryl methyl sites for hydroxylation is 1. The molecule has 17 heavy (non-hydrogen) atoms. The number of rotatable bonds is 4. The molecule has 0 fully saturated rings. The number of nitrogens with zero attached hydrogens (tertiary/aromatic N) is 1. The largest absolute Gasteiger partial charge is 0.457 e. The number of pyridine rings is 1. The molecule has 0 saturated heterocycles. The fourth-order valence-corrected chi connectivity index (χ4v) is 1.57. The average Bonchev–Trinajstić information content (AvgIpc) is 2.35. The molecule has 0 aliphatic rings. The third kappa shape index (κ3) is 3.04. The number of nitrogens with one attached hydrogen (secondary N) is 1. The molecule has 3 nitrogen and oxygen atoms in total. The van der Waals surface area contributed by atoms with E-state index in [1.807, 2.05) is 43.6 Å². The van der Waals surface area contributed by atoms with E-state index >= 15 is 0 Å². The van der Waals surface area contributed by atoms with Gasteiger partial charge in [0.2, 0.25) is 0 Å². The van der Waals surface area contributed by atoms with Crippen molar-refractivity contribution >= 4 is 0 Å². The third-order valence-electron chi connectivity index (χ3n) is 2.47. The van der Waals surface area contributed by atoms with Gasteiger partial charge >= 0.3 is 0 Å². The van der Waals surface area contributed by atoms with Crippen LogP contribution in [0.25, 0.3) is 0 Å². The van der Waals surface area contributed by atoms with E-state index in [1.54, 1.807) is 6.20 Å². The molecule has 3 heteroatoms. The summed E-state index contributed by atoms with van der Waals surface area (Å²) in [6, 6.07) is 9.90. The monoisotopic (exact) mass is 228 g/mol. The maximum absolute atomic E-state index is 5.84. The molecular formula is C14H16N2O. The van der Waals surface area contributed by atoms with Gasteiger partial charge in [-0.3, -0.25) is 4.98 Å². The average molecular weight is 228 g/mol. The molecule has 2 rings (SSSR count). The van der Waals surface area contributed by atoms with E-state index < -0.39 is 0 Å². The Morgan fingerprint density at radius 3 is 2.65 bits per heavy atom. The number of benzene rings is 1. The van der Waals surface area contributed by atoms with Gasteiger partial charge in [-0.25, -0.2) is 0 Å². The molecule has 0 saturated carbocycles. The van der Waals surface area contributed by atoms with E-state index in [2.05, 4.69) is 17.2 Å². The van der Waals surface area contributed by atoms with Crippen molar-refractivity contribution in [3.63, 3.8) is 0 Å². The molecule has 1 heterocycles. The minimum absolute atomic E-state index is 0.745. The molecule has 0 amide bonds. The molecule has 0 atom stereocenters. The summed E-state index contributed by atoms with van der Waals surface area (Å²) in [5.41, 5.74) is 2.28. The molecule has 1 aromatic carbocycles. The summed E-state index contributed by atoms with van der Waals surface area (Å²) < 4.78 is 5.84. The standard InChI is InChI=1S/C14H16N2O/c1-11-3-5-13(6-4-11)17-14-7-8-16-10-12(14)9-15-2/h3-8,10,15H,9H2,1-2H3. The lowest BCUT2D eigenvalue weighted by atomic mass is 10.2. The highest BCUT2D eigenvalue weighted by Crippen LogP contribution is 2.24. The van der Waals surface area contributed by atoms with Gasteiger partial charge in [-0.15, -0.1) is 0 Å². The quantitative estimate of drug-likeness (QED) is 0.873. The van der Waals surface area contributed by atoms with Crippen molar-refractivity contribution in [3.8, 4) is 11.5 Å². The second-order valence-electron chi connectivity index (χ2n) is 3.93. The number of hydrogen-bond acceptors (Lipinski definition) is 3. The van der Waals surface area contributed by atoms with Crippen LogP contribution in [0.1, 0.15) is 11.1 Å². The predicted octanol–water partition coefficient (Wildman–Crippen LogP) is 2.90. The Balaban J connectivity index is 2.20. The lowest BCUT2D eigenvalue weighted by molar-refractivity contribution is 0.473. The molecule has 1 N–H and O–H groups in total. The summed E-state index contributed by atoms with van der Waals surface area (Å²) >= 11 is 0. The topological polar surface area (TPSA) is 34.2 Å². The van der Waals surface area contributed by atoms with Gasteiger partial charge in [0, 0.05) is 24.5 Å². The lowest BCUT2D eigenvalue weighted by Gasteiger charge is -2.10. The SMILES string of the molecule is CNCc1cnccc1Oc1ccc(C)cc1. The van der Waals surface area contributed by atoms with E-state index in [9.17, 15) is 0 Å². The lowest BCUT2D eigenvalue weighted by Crippen LogP contribution is -2.06. The molecule has 0 spiro atoms. The fraction of sp³-hybridized carbons (Fsp3) is 0.214. The predicted molar refractivity (Wildman–Crippen MR) is 68.3 cm³/mol. The zero-order valence-corrected chi connectivity index (χ0v) is 10.1. The second kappa shape index (κ2) is 5.46. The van der Waals surface area contributed by atoms with Crippen LogP contribution >= 0.6 is 0 Å². The first-order valence-corrected chi connectivity index (χ1v) is 5.61. The van der Waals surface area contributed by atoms with Crippen LogP contribution in [0.2, 0.25) is 0 Å². The van der Waals surface area contributed by atoms with Crippen molar-refractivity contribution in [2.45, 2.75) is 13.5 Å². The minimum atomic E-state index is 0.745. The number of hydrogen-bond donors (Lipinski definition) is 1. The number of ether oxygens (including phenoxy) is 1. The first-order chi connectivity index (χ1) is 8.29. The minimum Gasteiger partial charge on any atom is -0.457 e. The molecule has 0 aliphatic heterocycles. The van der Waals surface area contributed by atoms with Gasteiger partial charge in [0.05, 0.1) is 0 Å². The van der Waals surface area contributed by atoms with E-state index in [-0.39, 0.29) is 0 Å². The van der Waals surface area contributed by atoms with Crippen molar-refractivity contribution in [2.24, 2.45) is 0 Å². The molecule has 0 radical (unpaired) electrons. The summed E-state index contributed by atoms with van der Waals surface area (Å²) in [6.45, 7) is 2.80. The summed E-state index contributed by atoms with van der Waals surface area (Å²) in [6.07, 6.45) is 3.56. The molecule has 0 unspecified atom stereocenters. The zero-order valence-electron chi connectivity index (χ0n) is 10.1. The van der Waals surface area contributed by atoms with Gasteiger partial charge in [-0.2, -0.15) is 0 Å². The highest BCUT2D eigenvalue weighted by molar-refractivity contribution is 5.36. The van der Waals surface area contributed by atoms with Crippen LogP contribution in [-0.2, 0) is 6.54 Å². The van der Waals surface area contributed by atoms with Crippen molar-refractivity contribution in [1.29, 1.82) is 0 Å². The van der Waals surface area contributed by atoms with Crippen LogP contribution in [0.15, 0.2) is 42.7 Å². The Kier molecular flexibility index (Phi) is 3.73. The van der Waals surface area contributed by atoms with Crippen molar-refractivity contribution in [3.05, 3.63) is 53.9 Å². The van der Waals surface area contributed by atoms with E-state index in [0.717, 1.165) is 23.6 Å². The van der Waals surface area contributed by atoms with Crippen molar-refractivity contribution in [1.82, 2.24) is 10.3 Å². The van der Waals surface area contributed by atoms with E-state index in [0.29, 0.717) is 0 Å². The molecular weight excluding hydrogens is 212 g/mol. The highest BCUT2D eigenvalue weighted by atomic mass is 16.5. The maximum Gasteiger partial charge on any atom is 0.134 e. The van der Waals surface area contributed by atoms with Gasteiger partial charge in [-0.05, 0) is 32.2 Å². The summed E-state index contributed by atoms with van der Waals surface area (Å²) in [5, 5.41) is 3.10. The van der Waals surface area contributed by atoms with E-state index in [1.165, 1.54) is 5.56 Å². The van der Waals surface area contributed by atoms with Gasteiger partial charge in [-0.1, -0.05) is 17.7 Å². The van der Waals surface area contributed by atoms with Gasteiger partial charge < -0.3 is 10.1 Å². The molecule has 1 aromatic heterocycles. The Bertz CT molecular complexity index is 480. The van der Waals surface area contributed by atoms with Crippen LogP contribution in [0.3, 0.4) is 0 Å². The van der Waals surface area contributed by atoms with Crippen LogP contribution in [0.4, 0.5) is 0 Å². The molecule has 88 valence electrons. The van der Waals surface area contributed by atoms with Crippen LogP contribution in [0, 0.1) is 6.92 Å². The van der Waals surface area contributed by atoms with Crippen molar-refractivity contribution < 1.29 is 4.74 Å². The molecule has 0 aliphatic carbocycles. The summed E-state index contributed by atoms with van der Waals surface area (Å²) in [7, 11) is 1.91. The van der Waals surface area contributed by atoms with Crippen LogP contribution in [0.5, 0.6) is 11.5 Å².